The molecule has 0 fully saturated rings. The Morgan fingerprint density at radius 2 is 1.89 bits per heavy atom. The minimum Gasteiger partial charge on any atom is -0.293 e. The summed E-state index contributed by atoms with van der Waals surface area (Å²) in [5.41, 5.74) is 2.19. The maximum Gasteiger partial charge on any atom is 0.280 e. The third-order valence-electron chi connectivity index (χ3n) is 4.36. The van der Waals surface area contributed by atoms with Crippen molar-refractivity contribution in [1.29, 1.82) is 0 Å². The van der Waals surface area contributed by atoms with Gasteiger partial charge in [-0.3, -0.25) is 9.89 Å². The number of rotatable bonds is 4. The van der Waals surface area contributed by atoms with Gasteiger partial charge in [-0.25, -0.2) is 27.4 Å². The van der Waals surface area contributed by atoms with Gasteiger partial charge in [0.15, 0.2) is 11.5 Å². The Morgan fingerprint density at radius 1 is 1.21 bits per heavy atom. The molecule has 0 unspecified atom stereocenters. The smallest absolute Gasteiger partial charge is 0.280 e. The lowest BCUT2D eigenvalue weighted by molar-refractivity contribution is 0.590. The molecule has 0 saturated heterocycles. The minimum atomic E-state index is -2.71. The van der Waals surface area contributed by atoms with E-state index >= 15 is 0 Å². The fraction of sp³-hybridized carbons (Fsp3) is 0.211. The molecule has 1 atom stereocenters. The molecule has 0 bridgehead atoms. The minimum absolute atomic E-state index is 0.248. The van der Waals surface area contributed by atoms with Gasteiger partial charge in [-0.2, -0.15) is 0 Å². The molecular formula is C19H20N6O2S. The number of aromatic amines is 1. The summed E-state index contributed by atoms with van der Waals surface area (Å²) in [5.74, 6) is 0.387. The van der Waals surface area contributed by atoms with Gasteiger partial charge in [0.25, 0.3) is 5.56 Å². The highest BCUT2D eigenvalue weighted by atomic mass is 32.2. The average molecular weight is 396 g/mol. The van der Waals surface area contributed by atoms with Crippen molar-refractivity contribution in [3.8, 4) is 16.9 Å². The van der Waals surface area contributed by atoms with Crippen LogP contribution in [0, 0.1) is 13.5 Å². The lowest BCUT2D eigenvalue weighted by atomic mass is 10.1. The van der Waals surface area contributed by atoms with Crippen LogP contribution in [0.5, 0.6) is 0 Å². The topological polar surface area (TPSA) is 87.7 Å². The van der Waals surface area contributed by atoms with E-state index in [4.69, 9.17) is 6.57 Å². The van der Waals surface area contributed by atoms with E-state index in [9.17, 15) is 9.00 Å². The highest BCUT2D eigenvalue weighted by Gasteiger charge is 2.18. The molecule has 1 N–H and O–H groups in total. The summed E-state index contributed by atoms with van der Waals surface area (Å²) < 4.78 is 19.8. The Labute approximate surface area is 163 Å². The quantitative estimate of drug-likeness (QED) is 0.688. The predicted molar refractivity (Wildman–Crippen MR) is 109 cm³/mol. The van der Waals surface area contributed by atoms with E-state index in [0.717, 1.165) is 5.56 Å². The van der Waals surface area contributed by atoms with E-state index < -0.39 is 9.92 Å². The van der Waals surface area contributed by atoms with Crippen LogP contribution >= 0.6 is 0 Å². The molecule has 0 radical (unpaired) electrons. The number of aryl methyl sites for hydroxylation is 1. The molecule has 0 saturated carbocycles. The van der Waals surface area contributed by atoms with Gasteiger partial charge >= 0.3 is 0 Å². The molecular weight excluding hydrogens is 376 g/mol. The zero-order valence-corrected chi connectivity index (χ0v) is 16.8. The maximum absolute atomic E-state index is 12.9. The van der Waals surface area contributed by atoms with Gasteiger partial charge in [0, 0.05) is 33.0 Å². The monoisotopic (exact) mass is 396 g/mol. The fourth-order valence-corrected chi connectivity index (χ4v) is 4.29. The SMILES string of the molecule is [C-]#[N+]c1ccc(-c2c(C)[nH]n(-c3ccc([S@@](=O)(=NC)N(C)C)cn3)c2=O)cc1. The summed E-state index contributed by atoms with van der Waals surface area (Å²) in [6.07, 6.45) is 1.47. The number of hydrogen-bond acceptors (Lipinski definition) is 4. The first kappa shape index (κ1) is 19.5. The lowest BCUT2D eigenvalue weighted by Gasteiger charge is -2.16. The largest absolute Gasteiger partial charge is 0.293 e. The van der Waals surface area contributed by atoms with Gasteiger partial charge in [0.2, 0.25) is 0 Å². The Morgan fingerprint density at radius 3 is 2.39 bits per heavy atom. The van der Waals surface area contributed by atoms with Gasteiger partial charge in [0.1, 0.15) is 9.92 Å². The number of nitrogens with one attached hydrogen (secondary N) is 1. The van der Waals surface area contributed by atoms with Gasteiger partial charge in [0.05, 0.1) is 17.0 Å². The first-order valence-corrected chi connectivity index (χ1v) is 9.87. The van der Waals surface area contributed by atoms with Crippen LogP contribution in [0.2, 0.25) is 0 Å². The average Bonchev–Trinajstić information content (AvgIpc) is 3.01. The van der Waals surface area contributed by atoms with Gasteiger partial charge in [-0.05, 0) is 24.6 Å². The third kappa shape index (κ3) is 3.24. The van der Waals surface area contributed by atoms with Crippen LogP contribution in [0.4, 0.5) is 5.69 Å². The molecule has 8 nitrogen and oxygen atoms in total. The summed E-state index contributed by atoms with van der Waals surface area (Å²) >= 11 is 0. The van der Waals surface area contributed by atoms with Crippen molar-refractivity contribution in [2.24, 2.45) is 4.36 Å². The molecule has 3 rings (SSSR count). The molecule has 9 heteroatoms. The van der Waals surface area contributed by atoms with Gasteiger partial charge in [-0.15, -0.1) is 0 Å². The summed E-state index contributed by atoms with van der Waals surface area (Å²) in [4.78, 5) is 21.1. The molecule has 3 aromatic rings. The lowest BCUT2D eigenvalue weighted by Crippen LogP contribution is -2.22. The Hall–Kier alpha value is -3.22. The molecule has 0 aliphatic heterocycles. The van der Waals surface area contributed by atoms with Crippen molar-refractivity contribution >= 4 is 15.6 Å². The van der Waals surface area contributed by atoms with E-state index in [-0.39, 0.29) is 5.56 Å². The molecule has 0 amide bonds. The molecule has 144 valence electrons. The summed E-state index contributed by atoms with van der Waals surface area (Å²) in [6.45, 7) is 8.84. The number of H-pyrrole nitrogens is 1. The second-order valence-corrected chi connectivity index (χ2v) is 8.81. The third-order valence-corrected chi connectivity index (χ3v) is 6.70. The fourth-order valence-electron chi connectivity index (χ4n) is 2.89. The molecule has 0 aliphatic carbocycles. The van der Waals surface area contributed by atoms with Crippen molar-refractivity contribution in [3.63, 3.8) is 0 Å². The number of nitrogens with zero attached hydrogens (tertiary/aromatic N) is 5. The van der Waals surface area contributed by atoms with E-state index in [2.05, 4.69) is 19.3 Å². The standard InChI is InChI=1S/C19H20N6O2S/c1-13-18(14-6-8-15(20-2)9-7-14)19(26)25(23-13)17-11-10-16(12-22-17)28(27,21-3)24(4)5/h6-12,23H,1,3-5H3/t28-/m1/s1. The van der Waals surface area contributed by atoms with Crippen LogP contribution < -0.4 is 5.56 Å². The van der Waals surface area contributed by atoms with E-state index in [1.807, 2.05) is 0 Å². The van der Waals surface area contributed by atoms with Crippen LogP contribution in [0.15, 0.2) is 56.6 Å². The molecule has 0 aliphatic rings. The molecule has 2 heterocycles. The van der Waals surface area contributed by atoms with Crippen LogP contribution in [0.1, 0.15) is 5.69 Å². The Balaban J connectivity index is 2.05. The zero-order chi connectivity index (χ0) is 20.5. The van der Waals surface area contributed by atoms with E-state index in [0.29, 0.717) is 27.7 Å². The van der Waals surface area contributed by atoms with Crippen molar-refractivity contribution in [2.45, 2.75) is 11.8 Å². The van der Waals surface area contributed by atoms with Gasteiger partial charge < -0.3 is 0 Å². The van der Waals surface area contributed by atoms with Crippen LogP contribution in [-0.2, 0) is 9.92 Å². The predicted octanol–water partition coefficient (Wildman–Crippen LogP) is 3.02. The number of benzene rings is 1. The summed E-state index contributed by atoms with van der Waals surface area (Å²) in [7, 11) is 2.17. The van der Waals surface area contributed by atoms with Crippen LogP contribution in [0.3, 0.4) is 0 Å². The molecule has 2 aromatic heterocycles. The Kier molecular flexibility index (Phi) is 5.18. The maximum atomic E-state index is 12.9. The van der Waals surface area contributed by atoms with Crippen molar-refractivity contribution in [1.82, 2.24) is 19.1 Å². The highest BCUT2D eigenvalue weighted by molar-refractivity contribution is 7.91. The normalized spacial score (nSPS) is 13.1. The van der Waals surface area contributed by atoms with E-state index in [1.54, 1.807) is 61.7 Å². The van der Waals surface area contributed by atoms with Crippen LogP contribution in [0.25, 0.3) is 21.8 Å². The Bertz CT molecular complexity index is 1220. The van der Waals surface area contributed by atoms with Crippen molar-refractivity contribution in [3.05, 3.63) is 70.1 Å². The number of aromatic nitrogens is 3. The molecule has 1 aromatic carbocycles. The second kappa shape index (κ2) is 7.42. The summed E-state index contributed by atoms with van der Waals surface area (Å²) in [5, 5.41) is 3.03. The highest BCUT2D eigenvalue weighted by Crippen LogP contribution is 2.23. The second-order valence-electron chi connectivity index (χ2n) is 6.25. The summed E-state index contributed by atoms with van der Waals surface area (Å²) in [6, 6.07) is 10.1. The zero-order valence-electron chi connectivity index (χ0n) is 16.0. The number of hydrogen-bond donors (Lipinski definition) is 1. The van der Waals surface area contributed by atoms with Crippen LogP contribution in [-0.4, -0.2) is 44.4 Å². The first-order chi connectivity index (χ1) is 13.3. The first-order valence-electron chi connectivity index (χ1n) is 8.40. The molecule has 28 heavy (non-hydrogen) atoms. The van der Waals surface area contributed by atoms with E-state index in [1.165, 1.54) is 17.9 Å². The van der Waals surface area contributed by atoms with Gasteiger partial charge in [-0.1, -0.05) is 24.3 Å². The van der Waals surface area contributed by atoms with Crippen molar-refractivity contribution in [2.75, 3.05) is 21.1 Å². The molecule has 0 spiro atoms. The number of pyridine rings is 1. The van der Waals surface area contributed by atoms with Crippen molar-refractivity contribution < 1.29 is 4.21 Å².